The molecule has 3 rings (SSSR count). The highest BCUT2D eigenvalue weighted by Gasteiger charge is 2.05. The topological polar surface area (TPSA) is 51.6 Å². The van der Waals surface area contributed by atoms with Crippen LogP contribution in [0.4, 0.5) is 0 Å². The summed E-state index contributed by atoms with van der Waals surface area (Å²) in [6.07, 6.45) is 3.44. The van der Waals surface area contributed by atoms with E-state index < -0.39 is 0 Å². The number of aromatic nitrogens is 4. The normalized spacial score (nSPS) is 10.4. The number of rotatable bonds is 2. The summed E-state index contributed by atoms with van der Waals surface area (Å²) < 4.78 is 0. The van der Waals surface area contributed by atoms with Gasteiger partial charge in [-0.05, 0) is 23.6 Å². The summed E-state index contributed by atoms with van der Waals surface area (Å²) in [5.74, 6) is 0.547. The van der Waals surface area contributed by atoms with Gasteiger partial charge in [0, 0.05) is 6.20 Å². The van der Waals surface area contributed by atoms with E-state index in [0.29, 0.717) is 5.82 Å². The first-order chi connectivity index (χ1) is 8.43. The summed E-state index contributed by atoms with van der Waals surface area (Å²) in [4.78, 5) is 9.52. The number of thiophene rings is 1. The largest absolute Gasteiger partial charge is 0.253 e. The summed E-state index contributed by atoms with van der Waals surface area (Å²) in [6.45, 7) is 0. The molecule has 0 saturated carbocycles. The average Bonchev–Trinajstić information content (AvgIpc) is 2.94. The van der Waals surface area contributed by atoms with Gasteiger partial charge in [-0.3, -0.25) is 4.98 Å². The van der Waals surface area contributed by atoms with Crippen LogP contribution in [0.25, 0.3) is 22.1 Å². The van der Waals surface area contributed by atoms with E-state index in [1.807, 2.05) is 35.7 Å². The Kier molecular flexibility index (Phi) is 2.59. The van der Waals surface area contributed by atoms with Gasteiger partial charge in [0.05, 0.1) is 11.1 Å². The van der Waals surface area contributed by atoms with Crippen LogP contribution in [0.1, 0.15) is 0 Å². The van der Waals surface area contributed by atoms with E-state index in [4.69, 9.17) is 0 Å². The van der Waals surface area contributed by atoms with Crippen LogP contribution in [0, 0.1) is 0 Å². The van der Waals surface area contributed by atoms with Gasteiger partial charge >= 0.3 is 0 Å². The minimum Gasteiger partial charge on any atom is -0.253 e. The first kappa shape index (κ1) is 10.0. The fourth-order valence-electron chi connectivity index (χ4n) is 1.42. The van der Waals surface area contributed by atoms with Gasteiger partial charge in [-0.15, -0.1) is 21.5 Å². The van der Waals surface area contributed by atoms with Crippen molar-refractivity contribution in [3.8, 4) is 22.1 Å². The van der Waals surface area contributed by atoms with Crippen molar-refractivity contribution in [2.75, 3.05) is 0 Å². The molecule has 0 radical (unpaired) electrons. The molecular formula is C12H8N4S. The molecule has 0 fully saturated rings. The number of hydrogen-bond donors (Lipinski definition) is 0. The predicted octanol–water partition coefficient (Wildman–Crippen LogP) is 2.66. The van der Waals surface area contributed by atoms with E-state index in [2.05, 4.69) is 20.2 Å². The molecule has 0 aliphatic carbocycles. The zero-order chi connectivity index (χ0) is 11.5. The Morgan fingerprint density at radius 1 is 0.882 bits per heavy atom. The molecule has 0 saturated heterocycles. The van der Waals surface area contributed by atoms with Crippen molar-refractivity contribution in [2.24, 2.45) is 0 Å². The smallest absolute Gasteiger partial charge is 0.200 e. The molecular weight excluding hydrogens is 232 g/mol. The molecule has 0 spiro atoms. The fraction of sp³-hybridized carbons (Fsp3) is 0. The zero-order valence-electron chi connectivity index (χ0n) is 8.82. The molecule has 0 aliphatic heterocycles. The Morgan fingerprint density at radius 2 is 1.88 bits per heavy atom. The number of hydrogen-bond acceptors (Lipinski definition) is 5. The highest BCUT2D eigenvalue weighted by molar-refractivity contribution is 7.13. The Labute approximate surface area is 102 Å². The lowest BCUT2D eigenvalue weighted by atomic mass is 10.3. The molecule has 0 aliphatic rings. The van der Waals surface area contributed by atoms with Gasteiger partial charge in [-0.1, -0.05) is 12.1 Å². The van der Waals surface area contributed by atoms with Crippen molar-refractivity contribution in [1.29, 1.82) is 0 Å². The quantitative estimate of drug-likeness (QED) is 0.691. The monoisotopic (exact) mass is 240 g/mol. The molecule has 0 amide bonds. The van der Waals surface area contributed by atoms with Crippen molar-refractivity contribution in [1.82, 2.24) is 20.2 Å². The van der Waals surface area contributed by atoms with E-state index >= 15 is 0 Å². The summed E-state index contributed by atoms with van der Waals surface area (Å²) in [5.41, 5.74) is 1.53. The van der Waals surface area contributed by atoms with Gasteiger partial charge in [0.15, 0.2) is 5.82 Å². The van der Waals surface area contributed by atoms with E-state index in [0.717, 1.165) is 16.3 Å². The Balaban J connectivity index is 1.96. The SMILES string of the molecule is c1ccc(-c2ncc(-c3cccs3)nn2)nc1. The van der Waals surface area contributed by atoms with Crippen molar-refractivity contribution in [3.63, 3.8) is 0 Å². The maximum absolute atomic E-state index is 4.28. The van der Waals surface area contributed by atoms with Crippen LogP contribution in [-0.4, -0.2) is 20.2 Å². The lowest BCUT2D eigenvalue weighted by Gasteiger charge is -1.98. The second kappa shape index (κ2) is 4.39. The van der Waals surface area contributed by atoms with Crippen LogP contribution >= 0.6 is 11.3 Å². The van der Waals surface area contributed by atoms with E-state index in [9.17, 15) is 0 Å². The van der Waals surface area contributed by atoms with E-state index in [1.165, 1.54) is 0 Å². The fourth-order valence-corrected chi connectivity index (χ4v) is 2.10. The molecule has 0 bridgehead atoms. The van der Waals surface area contributed by atoms with Crippen molar-refractivity contribution in [2.45, 2.75) is 0 Å². The van der Waals surface area contributed by atoms with Crippen LogP contribution in [-0.2, 0) is 0 Å². The molecule has 82 valence electrons. The Bertz CT molecular complexity index is 590. The molecule has 5 heteroatoms. The Hall–Kier alpha value is -2.14. The molecule has 0 N–H and O–H groups in total. The van der Waals surface area contributed by atoms with Gasteiger partial charge in [-0.25, -0.2) is 4.98 Å². The maximum atomic E-state index is 4.28. The first-order valence-electron chi connectivity index (χ1n) is 5.08. The molecule has 0 atom stereocenters. The second-order valence-corrected chi connectivity index (χ2v) is 4.31. The van der Waals surface area contributed by atoms with Crippen molar-refractivity contribution >= 4 is 11.3 Å². The van der Waals surface area contributed by atoms with Gasteiger partial charge in [0.1, 0.15) is 11.4 Å². The number of pyridine rings is 1. The molecule has 0 unspecified atom stereocenters. The van der Waals surface area contributed by atoms with Crippen LogP contribution in [0.2, 0.25) is 0 Å². The molecule has 3 heterocycles. The van der Waals surface area contributed by atoms with E-state index in [-0.39, 0.29) is 0 Å². The Morgan fingerprint density at radius 3 is 2.53 bits per heavy atom. The third-order valence-electron chi connectivity index (χ3n) is 2.23. The average molecular weight is 240 g/mol. The van der Waals surface area contributed by atoms with Gasteiger partial charge in [-0.2, -0.15) is 0 Å². The summed E-state index contributed by atoms with van der Waals surface area (Å²) in [6, 6.07) is 9.60. The summed E-state index contributed by atoms with van der Waals surface area (Å²) >= 11 is 1.62. The summed E-state index contributed by atoms with van der Waals surface area (Å²) in [5, 5.41) is 10.2. The van der Waals surface area contributed by atoms with Gasteiger partial charge in [0.25, 0.3) is 0 Å². The van der Waals surface area contributed by atoms with Crippen molar-refractivity contribution in [3.05, 3.63) is 48.1 Å². The van der Waals surface area contributed by atoms with Gasteiger partial charge < -0.3 is 0 Å². The molecule has 0 aromatic carbocycles. The van der Waals surface area contributed by atoms with Crippen LogP contribution in [0.5, 0.6) is 0 Å². The zero-order valence-corrected chi connectivity index (χ0v) is 9.63. The summed E-state index contributed by atoms with van der Waals surface area (Å²) in [7, 11) is 0. The third kappa shape index (κ3) is 2.05. The maximum Gasteiger partial charge on any atom is 0.200 e. The van der Waals surface area contributed by atoms with Crippen LogP contribution < -0.4 is 0 Å². The molecule has 3 aromatic rings. The van der Waals surface area contributed by atoms with Crippen molar-refractivity contribution < 1.29 is 0 Å². The predicted molar refractivity (Wildman–Crippen MR) is 66.4 cm³/mol. The minimum atomic E-state index is 0.547. The van der Waals surface area contributed by atoms with Crippen LogP contribution in [0.15, 0.2) is 48.1 Å². The molecule has 4 nitrogen and oxygen atoms in total. The van der Waals surface area contributed by atoms with Gasteiger partial charge in [0.2, 0.25) is 0 Å². The molecule has 3 aromatic heterocycles. The second-order valence-electron chi connectivity index (χ2n) is 3.36. The lowest BCUT2D eigenvalue weighted by molar-refractivity contribution is 0.980. The highest BCUT2D eigenvalue weighted by atomic mass is 32.1. The number of nitrogens with zero attached hydrogens (tertiary/aromatic N) is 4. The third-order valence-corrected chi connectivity index (χ3v) is 3.12. The highest BCUT2D eigenvalue weighted by Crippen LogP contribution is 2.21. The lowest BCUT2D eigenvalue weighted by Crippen LogP contribution is -1.94. The first-order valence-corrected chi connectivity index (χ1v) is 5.96. The standard InChI is InChI=1S/C12H8N4S/c1-2-6-13-9(4-1)12-14-8-10(15-16-12)11-5-3-7-17-11/h1-8H. The van der Waals surface area contributed by atoms with Crippen LogP contribution in [0.3, 0.4) is 0 Å². The van der Waals surface area contributed by atoms with E-state index in [1.54, 1.807) is 23.7 Å². The molecule has 17 heavy (non-hydrogen) atoms. The minimum absolute atomic E-state index is 0.547.